The molecule has 0 atom stereocenters. The normalized spacial score (nSPS) is 11.7. The number of imidazole rings is 1. The number of rotatable bonds is 3. The molecule has 0 saturated heterocycles. The maximum absolute atomic E-state index is 11.3. The summed E-state index contributed by atoms with van der Waals surface area (Å²) >= 11 is 0. The minimum Gasteiger partial charge on any atom is -0.268 e. The van der Waals surface area contributed by atoms with Crippen LogP contribution in [0.5, 0.6) is 0 Å². The molecule has 4 heteroatoms. The van der Waals surface area contributed by atoms with Crippen molar-refractivity contribution in [3.8, 4) is 0 Å². The fourth-order valence-corrected chi connectivity index (χ4v) is 1.59. The molecule has 0 bridgehead atoms. The quantitative estimate of drug-likeness (QED) is 0.817. The lowest BCUT2D eigenvalue weighted by Gasteiger charge is -2.01. The highest BCUT2D eigenvalue weighted by atomic mass is 16.1. The maximum Gasteiger partial charge on any atom is 0.263 e. The Labute approximate surface area is 98.6 Å². The van der Waals surface area contributed by atoms with Crippen LogP contribution in [0.15, 0.2) is 54.0 Å². The lowest BCUT2D eigenvalue weighted by atomic mass is 10.1. The monoisotopic (exact) mass is 227 g/mol. The molecule has 1 N–H and O–H groups in total. The van der Waals surface area contributed by atoms with E-state index in [4.69, 9.17) is 0 Å². The Kier molecular flexibility index (Phi) is 2.78. The van der Waals surface area contributed by atoms with E-state index in [1.54, 1.807) is 22.9 Å². The molecule has 0 fully saturated rings. The van der Waals surface area contributed by atoms with Crippen molar-refractivity contribution in [3.05, 3.63) is 65.3 Å². The third kappa shape index (κ3) is 2.10. The highest BCUT2D eigenvalue weighted by Gasteiger charge is 2.05. The van der Waals surface area contributed by atoms with Gasteiger partial charge in [0.25, 0.3) is 5.56 Å². The van der Waals surface area contributed by atoms with Crippen LogP contribution in [-0.2, 0) is 0 Å². The Balaban J connectivity index is 2.59. The van der Waals surface area contributed by atoms with Crippen LogP contribution in [-0.4, -0.2) is 14.6 Å². The minimum absolute atomic E-state index is 0.160. The predicted octanol–water partition coefficient (Wildman–Crippen LogP) is 2.17. The molecule has 0 amide bonds. The summed E-state index contributed by atoms with van der Waals surface area (Å²) in [5, 5.41) is 2.71. The van der Waals surface area contributed by atoms with Crippen molar-refractivity contribution in [3.63, 3.8) is 0 Å². The smallest absolute Gasteiger partial charge is 0.263 e. The first-order valence-electron chi connectivity index (χ1n) is 5.18. The number of hydrogen-bond donors (Lipinski definition) is 1. The summed E-state index contributed by atoms with van der Waals surface area (Å²) in [4.78, 5) is 15.5. The molecule has 0 radical (unpaired) electrons. The number of aromatic nitrogens is 3. The average molecular weight is 227 g/mol. The zero-order valence-electron chi connectivity index (χ0n) is 9.60. The van der Waals surface area contributed by atoms with E-state index in [0.29, 0.717) is 5.65 Å². The van der Waals surface area contributed by atoms with Gasteiger partial charge in [-0.05, 0) is 24.1 Å². The molecule has 0 aliphatic rings. The first-order chi connectivity index (χ1) is 8.11. The number of allylic oxidation sites excluding steroid dienone is 4. The highest BCUT2D eigenvalue weighted by Crippen LogP contribution is 2.15. The van der Waals surface area contributed by atoms with Crippen LogP contribution >= 0.6 is 0 Å². The van der Waals surface area contributed by atoms with Crippen LogP contribution in [0.2, 0.25) is 0 Å². The zero-order valence-corrected chi connectivity index (χ0v) is 9.60. The maximum atomic E-state index is 11.3. The van der Waals surface area contributed by atoms with E-state index in [9.17, 15) is 4.79 Å². The Morgan fingerprint density at radius 3 is 3.00 bits per heavy atom. The molecule has 0 saturated carbocycles. The molecule has 4 nitrogen and oxygen atoms in total. The molecule has 2 aromatic heterocycles. The second-order valence-corrected chi connectivity index (χ2v) is 3.75. The summed E-state index contributed by atoms with van der Waals surface area (Å²) in [7, 11) is 0. The number of nitrogens with one attached hydrogen (secondary N) is 1. The van der Waals surface area contributed by atoms with Crippen LogP contribution in [0.3, 0.4) is 0 Å². The zero-order chi connectivity index (χ0) is 12.4. The Hall–Kier alpha value is -2.36. The molecule has 2 heterocycles. The SMILES string of the molecule is C=CC(=C)/C=C(\C)c1cnc2ccc(=O)[nH]n12. The van der Waals surface area contributed by atoms with Crippen LogP contribution in [0.4, 0.5) is 0 Å². The molecule has 0 aromatic carbocycles. The van der Waals surface area contributed by atoms with Gasteiger partial charge in [0, 0.05) is 6.07 Å². The second kappa shape index (κ2) is 4.25. The van der Waals surface area contributed by atoms with Gasteiger partial charge in [-0.3, -0.25) is 9.89 Å². The third-order valence-electron chi connectivity index (χ3n) is 2.46. The van der Waals surface area contributed by atoms with E-state index in [-0.39, 0.29) is 5.56 Å². The van der Waals surface area contributed by atoms with Gasteiger partial charge in [0.2, 0.25) is 0 Å². The van der Waals surface area contributed by atoms with Crippen LogP contribution in [0.25, 0.3) is 11.2 Å². The van der Waals surface area contributed by atoms with Crippen LogP contribution in [0.1, 0.15) is 12.6 Å². The number of fused-ring (bicyclic) bond motifs is 1. The van der Waals surface area contributed by atoms with E-state index >= 15 is 0 Å². The summed E-state index contributed by atoms with van der Waals surface area (Å²) in [5.41, 5.74) is 3.16. The van der Waals surface area contributed by atoms with Gasteiger partial charge in [0.05, 0.1) is 11.9 Å². The van der Waals surface area contributed by atoms with Gasteiger partial charge in [-0.25, -0.2) is 9.50 Å². The second-order valence-electron chi connectivity index (χ2n) is 3.75. The number of nitrogens with zero attached hydrogens (tertiary/aromatic N) is 2. The Morgan fingerprint density at radius 1 is 1.53 bits per heavy atom. The predicted molar refractivity (Wildman–Crippen MR) is 68.8 cm³/mol. The average Bonchev–Trinajstić information content (AvgIpc) is 2.71. The molecule has 2 rings (SSSR count). The molecule has 86 valence electrons. The molecule has 2 aromatic rings. The van der Waals surface area contributed by atoms with E-state index in [2.05, 4.69) is 23.2 Å². The fraction of sp³-hybridized carbons (Fsp3) is 0.0769. The standard InChI is InChI=1S/C13H13N3O/c1-4-9(2)7-10(3)11-8-14-12-5-6-13(17)15-16(11)12/h4-8H,1-2H2,3H3,(H,15,17)/b10-7+. The van der Waals surface area contributed by atoms with E-state index < -0.39 is 0 Å². The van der Waals surface area contributed by atoms with Gasteiger partial charge in [0.15, 0.2) is 5.65 Å². The first kappa shape index (κ1) is 11.1. The Bertz CT molecular complexity index is 673. The van der Waals surface area contributed by atoms with Crippen molar-refractivity contribution in [2.24, 2.45) is 0 Å². The summed E-state index contributed by atoms with van der Waals surface area (Å²) in [5.74, 6) is 0. The summed E-state index contributed by atoms with van der Waals surface area (Å²) in [6.07, 6.45) is 5.28. The number of aromatic amines is 1. The van der Waals surface area contributed by atoms with Crippen LogP contribution < -0.4 is 5.56 Å². The lowest BCUT2D eigenvalue weighted by molar-refractivity contribution is 0.891. The van der Waals surface area contributed by atoms with E-state index in [1.807, 2.05) is 13.0 Å². The topological polar surface area (TPSA) is 50.2 Å². The first-order valence-corrected chi connectivity index (χ1v) is 5.18. The number of hydrogen-bond acceptors (Lipinski definition) is 2. The molecule has 0 aliphatic carbocycles. The van der Waals surface area contributed by atoms with Gasteiger partial charge in [-0.1, -0.05) is 25.3 Å². The van der Waals surface area contributed by atoms with Crippen molar-refractivity contribution >= 4 is 11.2 Å². The summed E-state index contributed by atoms with van der Waals surface area (Å²) in [6, 6.07) is 3.13. The van der Waals surface area contributed by atoms with E-state index in [1.165, 1.54) is 6.07 Å². The molecular weight excluding hydrogens is 214 g/mol. The van der Waals surface area contributed by atoms with Crippen LogP contribution in [0, 0.1) is 0 Å². The van der Waals surface area contributed by atoms with Crippen molar-refractivity contribution in [2.45, 2.75) is 6.92 Å². The van der Waals surface area contributed by atoms with Gasteiger partial charge in [-0.2, -0.15) is 0 Å². The fourth-order valence-electron chi connectivity index (χ4n) is 1.59. The summed E-state index contributed by atoms with van der Waals surface area (Å²) in [6.45, 7) is 9.41. The summed E-state index contributed by atoms with van der Waals surface area (Å²) < 4.78 is 1.66. The number of H-pyrrole nitrogens is 1. The molecule has 17 heavy (non-hydrogen) atoms. The van der Waals surface area contributed by atoms with Gasteiger partial charge < -0.3 is 0 Å². The van der Waals surface area contributed by atoms with Crippen molar-refractivity contribution in [1.82, 2.24) is 14.6 Å². The van der Waals surface area contributed by atoms with Gasteiger partial charge in [-0.15, -0.1) is 0 Å². The van der Waals surface area contributed by atoms with Gasteiger partial charge >= 0.3 is 0 Å². The molecule has 0 spiro atoms. The Morgan fingerprint density at radius 2 is 2.29 bits per heavy atom. The minimum atomic E-state index is -0.160. The van der Waals surface area contributed by atoms with Crippen molar-refractivity contribution < 1.29 is 0 Å². The van der Waals surface area contributed by atoms with Gasteiger partial charge in [0.1, 0.15) is 0 Å². The van der Waals surface area contributed by atoms with Crippen molar-refractivity contribution in [1.29, 1.82) is 0 Å². The lowest BCUT2D eigenvalue weighted by Crippen LogP contribution is -2.10. The molecule has 0 aliphatic heterocycles. The van der Waals surface area contributed by atoms with E-state index in [0.717, 1.165) is 16.8 Å². The third-order valence-corrected chi connectivity index (χ3v) is 2.46. The van der Waals surface area contributed by atoms with Crippen molar-refractivity contribution in [2.75, 3.05) is 0 Å². The molecular formula is C13H13N3O. The molecule has 0 unspecified atom stereocenters. The largest absolute Gasteiger partial charge is 0.268 e. The highest BCUT2D eigenvalue weighted by molar-refractivity contribution is 5.66.